The molecule has 2 rings (SSSR count). The van der Waals surface area contributed by atoms with Crippen LogP contribution in [-0.2, 0) is 9.59 Å². The molecule has 0 aliphatic carbocycles. The molecule has 0 saturated carbocycles. The molecule has 1 atom stereocenters. The van der Waals surface area contributed by atoms with Crippen LogP contribution in [0.5, 0.6) is 11.5 Å². The average molecular weight is 341 g/mol. The second-order valence-electron chi connectivity index (χ2n) is 4.39. The molecule has 1 aromatic carbocycles. The first-order valence-electron chi connectivity index (χ1n) is 6.27. The van der Waals surface area contributed by atoms with Gasteiger partial charge in [0.15, 0.2) is 16.7 Å². The van der Waals surface area contributed by atoms with Crippen molar-refractivity contribution in [2.75, 3.05) is 7.11 Å². The van der Waals surface area contributed by atoms with Crippen LogP contribution < -0.4 is 10.1 Å². The van der Waals surface area contributed by atoms with E-state index < -0.39 is 22.9 Å². The van der Waals surface area contributed by atoms with Crippen molar-refractivity contribution < 1.29 is 28.9 Å². The van der Waals surface area contributed by atoms with Gasteiger partial charge in [-0.3, -0.25) is 9.59 Å². The number of hydrogen-bond acceptors (Lipinski definition) is 7. The number of aliphatic carboxylic acids is 1. The second-order valence-corrected chi connectivity index (χ2v) is 5.58. The Labute approximate surface area is 134 Å². The van der Waals surface area contributed by atoms with Crippen molar-refractivity contribution in [3.05, 3.63) is 23.5 Å². The minimum Gasteiger partial charge on any atom is -0.504 e. The van der Waals surface area contributed by atoms with Gasteiger partial charge in [0, 0.05) is 11.6 Å². The molecule has 0 radical (unpaired) electrons. The molecule has 1 unspecified atom stereocenters. The Morgan fingerprint density at radius 3 is 2.96 bits per heavy atom. The predicted molar refractivity (Wildman–Crippen MR) is 81.4 cm³/mol. The van der Waals surface area contributed by atoms with E-state index in [0.717, 1.165) is 30.1 Å². The standard InChI is InChI=1S/C13H12FN3O5S/c1-22-8-3-7(14)2-6(11(8)20)5-15-17-13-16-12(21)9(23-13)4-10(18)19/h2-3,5,9,20H,4H2,1H3,(H,18,19)(H,16,17,21). The van der Waals surface area contributed by atoms with Crippen LogP contribution in [0.15, 0.2) is 22.3 Å². The van der Waals surface area contributed by atoms with Crippen LogP contribution >= 0.6 is 11.8 Å². The van der Waals surface area contributed by atoms with Crippen molar-refractivity contribution in [1.82, 2.24) is 5.32 Å². The molecule has 122 valence electrons. The first-order valence-corrected chi connectivity index (χ1v) is 7.15. The zero-order valence-electron chi connectivity index (χ0n) is 11.8. The maximum atomic E-state index is 13.3. The van der Waals surface area contributed by atoms with E-state index in [1.165, 1.54) is 7.11 Å². The third kappa shape index (κ3) is 4.19. The lowest BCUT2D eigenvalue weighted by Crippen LogP contribution is -2.26. The molecular formula is C13H12FN3O5S. The number of benzene rings is 1. The Bertz CT molecular complexity index is 707. The number of methoxy groups -OCH3 is 1. The number of hydrogen-bond donors (Lipinski definition) is 3. The Balaban J connectivity index is 2.12. The third-order valence-electron chi connectivity index (χ3n) is 2.77. The van der Waals surface area contributed by atoms with Crippen molar-refractivity contribution >= 4 is 35.0 Å². The summed E-state index contributed by atoms with van der Waals surface area (Å²) in [5.41, 5.74) is 0.0441. The van der Waals surface area contributed by atoms with E-state index in [4.69, 9.17) is 9.84 Å². The predicted octanol–water partition coefficient (Wildman–Crippen LogP) is 0.936. The topological polar surface area (TPSA) is 121 Å². The van der Waals surface area contributed by atoms with Gasteiger partial charge in [0.05, 0.1) is 19.7 Å². The normalized spacial score (nSPS) is 19.3. The lowest BCUT2D eigenvalue weighted by Gasteiger charge is -2.05. The number of phenolic OH excluding ortho intramolecular Hbond substituents is 1. The number of carboxylic acid groups (broad SMARTS) is 1. The summed E-state index contributed by atoms with van der Waals surface area (Å²) in [6.07, 6.45) is 0.756. The summed E-state index contributed by atoms with van der Waals surface area (Å²) < 4.78 is 18.1. The summed E-state index contributed by atoms with van der Waals surface area (Å²) >= 11 is 0.931. The van der Waals surface area contributed by atoms with Crippen LogP contribution in [-0.4, -0.2) is 45.8 Å². The summed E-state index contributed by atoms with van der Waals surface area (Å²) in [7, 11) is 1.28. The van der Waals surface area contributed by atoms with Crippen molar-refractivity contribution in [2.24, 2.45) is 10.2 Å². The molecule has 8 nitrogen and oxygen atoms in total. The maximum Gasteiger partial charge on any atom is 0.305 e. The Morgan fingerprint density at radius 1 is 1.57 bits per heavy atom. The second kappa shape index (κ2) is 7.09. The highest BCUT2D eigenvalue weighted by Gasteiger charge is 2.32. The van der Waals surface area contributed by atoms with Gasteiger partial charge in [-0.1, -0.05) is 11.8 Å². The molecule has 1 aliphatic rings. The number of nitrogens with zero attached hydrogens (tertiary/aromatic N) is 2. The highest BCUT2D eigenvalue weighted by atomic mass is 32.2. The van der Waals surface area contributed by atoms with E-state index in [0.29, 0.717) is 0 Å². The van der Waals surface area contributed by atoms with Gasteiger partial charge in [-0.05, 0) is 6.07 Å². The number of rotatable bonds is 5. The van der Waals surface area contributed by atoms with Gasteiger partial charge in [0.2, 0.25) is 5.91 Å². The van der Waals surface area contributed by atoms with Gasteiger partial charge in [0.25, 0.3) is 0 Å². The van der Waals surface area contributed by atoms with E-state index in [1.54, 1.807) is 0 Å². The summed E-state index contributed by atoms with van der Waals surface area (Å²) in [4.78, 5) is 22.1. The molecular weight excluding hydrogens is 329 g/mol. The Morgan fingerprint density at radius 2 is 2.30 bits per heavy atom. The molecule has 1 aliphatic heterocycles. The third-order valence-corrected chi connectivity index (χ3v) is 3.84. The monoisotopic (exact) mass is 341 g/mol. The fourth-order valence-corrected chi connectivity index (χ4v) is 2.65. The number of ether oxygens (including phenoxy) is 1. The number of carbonyl (C=O) groups is 2. The number of phenols is 1. The van der Waals surface area contributed by atoms with Crippen LogP contribution in [0.25, 0.3) is 0 Å². The molecule has 1 saturated heterocycles. The number of carboxylic acids is 1. The molecule has 10 heteroatoms. The summed E-state index contributed by atoms with van der Waals surface area (Å²) in [5.74, 6) is -2.55. The van der Waals surface area contributed by atoms with Gasteiger partial charge < -0.3 is 20.3 Å². The van der Waals surface area contributed by atoms with Crippen molar-refractivity contribution in [2.45, 2.75) is 11.7 Å². The van der Waals surface area contributed by atoms with E-state index in [2.05, 4.69) is 15.5 Å². The number of halogens is 1. The lowest BCUT2D eigenvalue weighted by molar-refractivity contribution is -0.138. The fraction of sp³-hybridized carbons (Fsp3) is 0.231. The molecule has 1 heterocycles. The van der Waals surface area contributed by atoms with E-state index in [9.17, 15) is 19.1 Å². The molecule has 0 bridgehead atoms. The number of amides is 1. The van der Waals surface area contributed by atoms with Crippen LogP contribution in [0.4, 0.5) is 4.39 Å². The van der Waals surface area contributed by atoms with Crippen molar-refractivity contribution in [3.63, 3.8) is 0 Å². The van der Waals surface area contributed by atoms with Gasteiger partial charge >= 0.3 is 5.97 Å². The Kier molecular flexibility index (Phi) is 5.16. The van der Waals surface area contributed by atoms with Crippen LogP contribution in [0.3, 0.4) is 0 Å². The van der Waals surface area contributed by atoms with E-state index in [-0.39, 0.29) is 28.7 Å². The number of thioether (sulfide) groups is 1. The van der Waals surface area contributed by atoms with Crippen LogP contribution in [0, 0.1) is 5.82 Å². The zero-order valence-corrected chi connectivity index (χ0v) is 12.6. The van der Waals surface area contributed by atoms with Crippen LogP contribution in [0.2, 0.25) is 0 Å². The molecule has 23 heavy (non-hydrogen) atoms. The van der Waals surface area contributed by atoms with Gasteiger partial charge in [-0.15, -0.1) is 5.10 Å². The molecule has 1 amide bonds. The minimum atomic E-state index is -1.10. The summed E-state index contributed by atoms with van der Waals surface area (Å²) in [6, 6.07) is 2.05. The highest BCUT2D eigenvalue weighted by Crippen LogP contribution is 2.30. The lowest BCUT2D eigenvalue weighted by atomic mass is 10.2. The number of carbonyl (C=O) groups excluding carboxylic acids is 1. The zero-order chi connectivity index (χ0) is 17.0. The van der Waals surface area contributed by atoms with E-state index >= 15 is 0 Å². The summed E-state index contributed by atoms with van der Waals surface area (Å²) in [5, 5.41) is 27.6. The Hall–Kier alpha value is -2.62. The largest absolute Gasteiger partial charge is 0.504 e. The summed E-state index contributed by atoms with van der Waals surface area (Å²) in [6.45, 7) is 0. The maximum absolute atomic E-state index is 13.3. The number of aromatic hydroxyl groups is 1. The van der Waals surface area contributed by atoms with Crippen molar-refractivity contribution in [1.29, 1.82) is 0 Å². The molecule has 1 fully saturated rings. The van der Waals surface area contributed by atoms with Gasteiger partial charge in [-0.25, -0.2) is 4.39 Å². The average Bonchev–Trinajstić information content (AvgIpc) is 2.81. The van der Waals surface area contributed by atoms with Crippen LogP contribution in [0.1, 0.15) is 12.0 Å². The smallest absolute Gasteiger partial charge is 0.305 e. The first-order chi connectivity index (χ1) is 10.9. The molecule has 3 N–H and O–H groups in total. The fourth-order valence-electron chi connectivity index (χ4n) is 1.74. The van der Waals surface area contributed by atoms with Gasteiger partial charge in [-0.2, -0.15) is 5.10 Å². The van der Waals surface area contributed by atoms with E-state index in [1.807, 2.05) is 0 Å². The number of amidine groups is 1. The molecule has 1 aromatic rings. The minimum absolute atomic E-state index is 0.0441. The quantitative estimate of drug-likeness (QED) is 0.541. The van der Waals surface area contributed by atoms with Crippen molar-refractivity contribution in [3.8, 4) is 11.5 Å². The highest BCUT2D eigenvalue weighted by molar-refractivity contribution is 8.15. The molecule has 0 spiro atoms. The SMILES string of the molecule is COc1cc(F)cc(C=NN=C2NC(=O)C(CC(=O)O)S2)c1O. The van der Waals surface area contributed by atoms with Gasteiger partial charge in [0.1, 0.15) is 11.1 Å². The molecule has 0 aromatic heterocycles. The first kappa shape index (κ1) is 16.7. The number of nitrogens with one attached hydrogen (secondary N) is 1.